The molecular weight excluding hydrogens is 560 g/mol. The van der Waals surface area contributed by atoms with Gasteiger partial charge in [-0.2, -0.15) is 5.10 Å². The van der Waals surface area contributed by atoms with Gasteiger partial charge in [-0.15, -0.1) is 0 Å². The number of rotatable bonds is 7. The molecular formula is C22H22Br2N4O3S. The lowest BCUT2D eigenvalue weighted by Crippen LogP contribution is -2.39. The highest BCUT2D eigenvalue weighted by Gasteiger charge is 2.20. The Kier molecular flexibility index (Phi) is 7.58. The third kappa shape index (κ3) is 5.87. The summed E-state index contributed by atoms with van der Waals surface area (Å²) >= 11 is 6.80. The second-order valence-corrected chi connectivity index (χ2v) is 10.9. The monoisotopic (exact) mass is 580 g/mol. The molecule has 0 unspecified atom stereocenters. The minimum atomic E-state index is -3.65. The lowest BCUT2D eigenvalue weighted by molar-refractivity contribution is -0.119. The van der Waals surface area contributed by atoms with Crippen molar-refractivity contribution in [2.45, 2.75) is 13.8 Å². The predicted octanol–water partition coefficient (Wildman–Crippen LogP) is 4.54. The van der Waals surface area contributed by atoms with Crippen LogP contribution in [-0.2, 0) is 14.8 Å². The lowest BCUT2D eigenvalue weighted by Gasteiger charge is -2.21. The van der Waals surface area contributed by atoms with Gasteiger partial charge in [-0.3, -0.25) is 9.10 Å². The Bertz CT molecular complexity index is 1270. The molecule has 0 radical (unpaired) electrons. The number of hydrazone groups is 1. The van der Waals surface area contributed by atoms with Crippen molar-refractivity contribution < 1.29 is 13.2 Å². The van der Waals surface area contributed by atoms with Gasteiger partial charge in [-0.25, -0.2) is 13.8 Å². The predicted molar refractivity (Wildman–Crippen MR) is 135 cm³/mol. The number of hydrogen-bond donors (Lipinski definition) is 1. The maximum Gasteiger partial charge on any atom is 0.260 e. The molecule has 0 fully saturated rings. The summed E-state index contributed by atoms with van der Waals surface area (Å²) in [4.78, 5) is 12.4. The largest absolute Gasteiger partial charge is 0.318 e. The zero-order valence-electron chi connectivity index (χ0n) is 17.7. The molecule has 1 amide bonds. The van der Waals surface area contributed by atoms with Crippen LogP contribution in [0.2, 0.25) is 0 Å². The molecule has 0 aliphatic rings. The summed E-state index contributed by atoms with van der Waals surface area (Å²) in [5, 5.41) is 4.03. The first kappa shape index (κ1) is 24.2. The van der Waals surface area contributed by atoms with Gasteiger partial charge in [-0.1, -0.05) is 37.9 Å². The minimum Gasteiger partial charge on any atom is -0.318 e. The third-order valence-corrected chi connectivity index (χ3v) is 6.89. The summed E-state index contributed by atoms with van der Waals surface area (Å²) in [6, 6.07) is 16.6. The van der Waals surface area contributed by atoms with E-state index in [1.807, 2.05) is 44.2 Å². The molecule has 168 valence electrons. The van der Waals surface area contributed by atoms with Crippen LogP contribution in [0.15, 0.2) is 68.6 Å². The fraction of sp³-hybridized carbons (Fsp3) is 0.182. The maximum atomic E-state index is 12.4. The zero-order valence-corrected chi connectivity index (χ0v) is 21.7. The van der Waals surface area contributed by atoms with E-state index < -0.39 is 15.9 Å². The minimum absolute atomic E-state index is 0.380. The Hall–Kier alpha value is -2.43. The standard InChI is InChI=1S/C22H22Br2N4O3S/c1-15-11-17(16(2)28(15)21-6-4-5-19(24)12-21)13-25-26-22(29)14-27(32(3,30)31)20-9-7-18(23)8-10-20/h4-13H,14H2,1-3H3,(H,26,29)/b25-13-. The maximum absolute atomic E-state index is 12.4. The van der Waals surface area contributed by atoms with E-state index in [9.17, 15) is 13.2 Å². The first-order valence-corrected chi connectivity index (χ1v) is 13.0. The fourth-order valence-electron chi connectivity index (χ4n) is 3.28. The molecule has 0 spiro atoms. The molecule has 10 heteroatoms. The van der Waals surface area contributed by atoms with Crippen molar-refractivity contribution in [3.05, 3.63) is 80.5 Å². The smallest absolute Gasteiger partial charge is 0.260 e. The van der Waals surface area contributed by atoms with Gasteiger partial charge in [0.25, 0.3) is 5.91 Å². The van der Waals surface area contributed by atoms with Crippen LogP contribution in [0.5, 0.6) is 0 Å². The molecule has 3 aromatic rings. The Labute approximate surface area is 204 Å². The Morgan fingerprint density at radius 3 is 2.41 bits per heavy atom. The molecule has 1 heterocycles. The van der Waals surface area contributed by atoms with Crippen molar-refractivity contribution in [2.24, 2.45) is 5.10 Å². The van der Waals surface area contributed by atoms with Crippen LogP contribution in [0.25, 0.3) is 5.69 Å². The average molecular weight is 582 g/mol. The number of carbonyl (C=O) groups is 1. The number of carbonyl (C=O) groups excluding carboxylic acids is 1. The van der Waals surface area contributed by atoms with Crippen LogP contribution in [0.4, 0.5) is 5.69 Å². The van der Waals surface area contributed by atoms with Crippen LogP contribution >= 0.6 is 31.9 Å². The molecule has 0 saturated heterocycles. The molecule has 1 aromatic heterocycles. The Balaban J connectivity index is 1.73. The number of halogens is 2. The van der Waals surface area contributed by atoms with E-state index in [2.05, 4.69) is 47.0 Å². The summed E-state index contributed by atoms with van der Waals surface area (Å²) < 4.78 is 29.3. The second kappa shape index (κ2) is 10.0. The van der Waals surface area contributed by atoms with Gasteiger partial charge in [0.2, 0.25) is 10.0 Å². The van der Waals surface area contributed by atoms with E-state index in [0.29, 0.717) is 5.69 Å². The lowest BCUT2D eigenvalue weighted by atomic mass is 10.2. The number of nitrogens with one attached hydrogen (secondary N) is 1. The third-order valence-electron chi connectivity index (χ3n) is 4.73. The van der Waals surface area contributed by atoms with Crippen LogP contribution < -0.4 is 9.73 Å². The molecule has 3 rings (SSSR count). The molecule has 7 nitrogen and oxygen atoms in total. The molecule has 1 N–H and O–H groups in total. The van der Waals surface area contributed by atoms with Crippen molar-refractivity contribution in [1.29, 1.82) is 0 Å². The van der Waals surface area contributed by atoms with E-state index in [4.69, 9.17) is 0 Å². The number of aryl methyl sites for hydroxylation is 1. The van der Waals surface area contributed by atoms with E-state index in [0.717, 1.165) is 42.1 Å². The van der Waals surface area contributed by atoms with E-state index in [1.165, 1.54) is 0 Å². The van der Waals surface area contributed by atoms with Gasteiger partial charge < -0.3 is 4.57 Å². The number of sulfonamides is 1. The Morgan fingerprint density at radius 1 is 1.09 bits per heavy atom. The summed E-state index contributed by atoms with van der Waals surface area (Å²) in [6.07, 6.45) is 2.61. The van der Waals surface area contributed by atoms with Gasteiger partial charge in [-0.05, 0) is 62.4 Å². The van der Waals surface area contributed by atoms with Gasteiger partial charge in [0.05, 0.1) is 18.2 Å². The van der Waals surface area contributed by atoms with Crippen molar-refractivity contribution in [3.63, 3.8) is 0 Å². The number of benzene rings is 2. The number of amides is 1. The summed E-state index contributed by atoms with van der Waals surface area (Å²) in [7, 11) is -3.65. The van der Waals surface area contributed by atoms with E-state index >= 15 is 0 Å². The van der Waals surface area contributed by atoms with E-state index in [-0.39, 0.29) is 6.54 Å². The van der Waals surface area contributed by atoms with Crippen LogP contribution in [0.1, 0.15) is 17.0 Å². The number of aromatic nitrogens is 1. The van der Waals surface area contributed by atoms with Gasteiger partial charge in [0, 0.05) is 31.6 Å². The molecule has 2 aromatic carbocycles. The quantitative estimate of drug-likeness (QED) is 0.328. The van der Waals surface area contributed by atoms with E-state index in [1.54, 1.807) is 30.5 Å². The Morgan fingerprint density at radius 2 is 1.78 bits per heavy atom. The average Bonchev–Trinajstić information content (AvgIpc) is 2.99. The number of hydrogen-bond acceptors (Lipinski definition) is 4. The summed E-state index contributed by atoms with van der Waals surface area (Å²) in [5.74, 6) is -0.546. The molecule has 0 aliphatic carbocycles. The van der Waals surface area contributed by atoms with Crippen molar-refractivity contribution in [2.75, 3.05) is 17.1 Å². The van der Waals surface area contributed by atoms with Crippen LogP contribution in [0, 0.1) is 13.8 Å². The topological polar surface area (TPSA) is 83.8 Å². The number of nitrogens with zero attached hydrogens (tertiary/aromatic N) is 3. The highest BCUT2D eigenvalue weighted by Crippen LogP contribution is 2.23. The summed E-state index contributed by atoms with van der Waals surface area (Å²) in [5.41, 5.74) is 6.65. The summed E-state index contributed by atoms with van der Waals surface area (Å²) in [6.45, 7) is 3.58. The fourth-order valence-corrected chi connectivity index (χ4v) is 4.79. The number of anilines is 1. The zero-order chi connectivity index (χ0) is 23.5. The molecule has 0 saturated carbocycles. The van der Waals surface area contributed by atoms with Crippen LogP contribution in [0.3, 0.4) is 0 Å². The van der Waals surface area contributed by atoms with Crippen molar-refractivity contribution in [3.8, 4) is 5.69 Å². The highest BCUT2D eigenvalue weighted by atomic mass is 79.9. The van der Waals surface area contributed by atoms with Crippen molar-refractivity contribution >= 4 is 59.7 Å². The second-order valence-electron chi connectivity index (χ2n) is 7.18. The van der Waals surface area contributed by atoms with Gasteiger partial charge >= 0.3 is 0 Å². The van der Waals surface area contributed by atoms with Crippen molar-refractivity contribution in [1.82, 2.24) is 9.99 Å². The van der Waals surface area contributed by atoms with Gasteiger partial charge in [0.15, 0.2) is 0 Å². The first-order chi connectivity index (χ1) is 15.1. The highest BCUT2D eigenvalue weighted by molar-refractivity contribution is 9.10. The first-order valence-electron chi connectivity index (χ1n) is 9.56. The van der Waals surface area contributed by atoms with Gasteiger partial charge in [0.1, 0.15) is 6.54 Å². The molecule has 0 bridgehead atoms. The molecule has 32 heavy (non-hydrogen) atoms. The van der Waals surface area contributed by atoms with Crippen LogP contribution in [-0.4, -0.2) is 37.9 Å². The SMILES string of the molecule is Cc1cc(/C=N\NC(=O)CN(c2ccc(Br)cc2)S(C)(=O)=O)c(C)n1-c1cccc(Br)c1. The normalized spacial score (nSPS) is 11.7. The molecule has 0 atom stereocenters. The molecule has 0 aliphatic heterocycles.